The number of allylic oxidation sites excluding steroid dienone is 2. The van der Waals surface area contributed by atoms with E-state index in [0.717, 1.165) is 19.3 Å². The summed E-state index contributed by atoms with van der Waals surface area (Å²) in [6.45, 7) is 2.08. The van der Waals surface area contributed by atoms with Crippen LogP contribution in [0.3, 0.4) is 0 Å². The molecular weight excluding hydrogens is 242 g/mol. The van der Waals surface area contributed by atoms with Crippen LogP contribution in [0.15, 0.2) is 23.8 Å². The zero-order valence-corrected chi connectivity index (χ0v) is 10.8. The van der Waals surface area contributed by atoms with Gasteiger partial charge in [-0.05, 0) is 31.1 Å². The molecule has 1 aliphatic rings. The average molecular weight is 257 g/mol. The number of nitrogens with zero attached hydrogens (tertiary/aromatic N) is 1. The Morgan fingerprint density at radius 2 is 2.00 bits per heavy atom. The van der Waals surface area contributed by atoms with E-state index in [9.17, 15) is 14.4 Å². The van der Waals surface area contributed by atoms with Gasteiger partial charge in [0.2, 0.25) is 5.78 Å². The third kappa shape index (κ3) is 2.67. The summed E-state index contributed by atoms with van der Waals surface area (Å²) in [6, 6.07) is 2.94. The molecule has 0 aliphatic heterocycles. The van der Waals surface area contributed by atoms with Gasteiger partial charge in [0.1, 0.15) is 11.4 Å². The molecule has 0 unspecified atom stereocenters. The molecule has 0 amide bonds. The Hall–Kier alpha value is -2.10. The van der Waals surface area contributed by atoms with Crippen molar-refractivity contribution in [3.05, 3.63) is 40.7 Å². The Kier molecular flexibility index (Phi) is 4.00. The number of ketones is 2. The molecule has 1 aromatic rings. The normalized spacial score (nSPS) is 14.1. The largest absolute Gasteiger partial charge is 0.296 e. The zero-order valence-electron chi connectivity index (χ0n) is 10.8. The molecule has 4 heteroatoms. The third-order valence-electron chi connectivity index (χ3n) is 3.16. The SMILES string of the molecule is CCCCCC1=CC(=O)c2ccc(C=O)nc2C1=O. The van der Waals surface area contributed by atoms with Crippen LogP contribution in [-0.4, -0.2) is 22.8 Å². The Balaban J connectivity index is 2.31. The number of pyridine rings is 1. The summed E-state index contributed by atoms with van der Waals surface area (Å²) < 4.78 is 0. The highest BCUT2D eigenvalue weighted by Crippen LogP contribution is 2.23. The Morgan fingerprint density at radius 3 is 2.68 bits per heavy atom. The van der Waals surface area contributed by atoms with Crippen molar-refractivity contribution in [3.63, 3.8) is 0 Å². The van der Waals surface area contributed by atoms with Crippen molar-refractivity contribution < 1.29 is 14.4 Å². The molecule has 0 spiro atoms. The van der Waals surface area contributed by atoms with Crippen LogP contribution in [0.2, 0.25) is 0 Å². The molecule has 0 saturated heterocycles. The molecule has 0 bridgehead atoms. The molecule has 1 aromatic heterocycles. The van der Waals surface area contributed by atoms with Gasteiger partial charge >= 0.3 is 0 Å². The summed E-state index contributed by atoms with van der Waals surface area (Å²) in [5.74, 6) is -0.430. The molecule has 19 heavy (non-hydrogen) atoms. The maximum Gasteiger partial charge on any atom is 0.208 e. The minimum atomic E-state index is -0.227. The predicted octanol–water partition coefficient (Wildman–Crippen LogP) is 2.78. The number of hydrogen-bond acceptors (Lipinski definition) is 4. The highest BCUT2D eigenvalue weighted by Gasteiger charge is 2.26. The van der Waals surface area contributed by atoms with E-state index in [1.165, 1.54) is 18.2 Å². The van der Waals surface area contributed by atoms with Gasteiger partial charge in [-0.2, -0.15) is 0 Å². The van der Waals surface area contributed by atoms with Crippen LogP contribution in [0.5, 0.6) is 0 Å². The fraction of sp³-hybridized carbons (Fsp3) is 0.333. The van der Waals surface area contributed by atoms with Gasteiger partial charge in [-0.25, -0.2) is 4.98 Å². The molecule has 1 heterocycles. The molecule has 0 aromatic carbocycles. The summed E-state index contributed by atoms with van der Waals surface area (Å²) >= 11 is 0. The summed E-state index contributed by atoms with van der Waals surface area (Å²) in [5.41, 5.74) is 1.08. The van der Waals surface area contributed by atoms with Gasteiger partial charge < -0.3 is 0 Å². The number of Topliss-reactive ketones (excluding diaryl/α,β-unsaturated/α-hetero) is 1. The first kappa shape index (κ1) is 13.3. The lowest BCUT2D eigenvalue weighted by atomic mass is 9.90. The predicted molar refractivity (Wildman–Crippen MR) is 70.5 cm³/mol. The highest BCUT2D eigenvalue weighted by atomic mass is 16.1. The Labute approximate surface area is 111 Å². The molecule has 4 nitrogen and oxygen atoms in total. The average Bonchev–Trinajstić information content (AvgIpc) is 2.43. The molecule has 0 radical (unpaired) electrons. The molecule has 0 atom stereocenters. The second kappa shape index (κ2) is 5.69. The van der Waals surface area contributed by atoms with Crippen molar-refractivity contribution in [2.24, 2.45) is 0 Å². The minimum Gasteiger partial charge on any atom is -0.296 e. The van der Waals surface area contributed by atoms with Gasteiger partial charge in [-0.15, -0.1) is 0 Å². The van der Waals surface area contributed by atoms with Gasteiger partial charge in [-0.3, -0.25) is 14.4 Å². The summed E-state index contributed by atoms with van der Waals surface area (Å²) in [5, 5.41) is 0. The van der Waals surface area contributed by atoms with Crippen molar-refractivity contribution in [1.82, 2.24) is 4.98 Å². The number of fused-ring (bicyclic) bond motifs is 1. The zero-order chi connectivity index (χ0) is 13.8. The van der Waals surface area contributed by atoms with E-state index >= 15 is 0 Å². The number of carbonyl (C=O) groups excluding carboxylic acids is 3. The van der Waals surface area contributed by atoms with E-state index in [2.05, 4.69) is 11.9 Å². The smallest absolute Gasteiger partial charge is 0.208 e. The second-order valence-corrected chi connectivity index (χ2v) is 4.57. The Bertz CT molecular complexity index is 573. The lowest BCUT2D eigenvalue weighted by molar-refractivity contribution is 0.0976. The summed E-state index contributed by atoms with van der Waals surface area (Å²) in [6.07, 6.45) is 5.53. The van der Waals surface area contributed by atoms with Gasteiger partial charge in [0.25, 0.3) is 0 Å². The van der Waals surface area contributed by atoms with Crippen LogP contribution >= 0.6 is 0 Å². The van der Waals surface area contributed by atoms with E-state index < -0.39 is 0 Å². The van der Waals surface area contributed by atoms with E-state index in [4.69, 9.17) is 0 Å². The van der Waals surface area contributed by atoms with Gasteiger partial charge in [0.15, 0.2) is 12.1 Å². The maximum atomic E-state index is 12.2. The monoisotopic (exact) mass is 257 g/mol. The number of carbonyl (C=O) groups is 3. The second-order valence-electron chi connectivity index (χ2n) is 4.57. The van der Waals surface area contributed by atoms with Crippen molar-refractivity contribution >= 4 is 17.9 Å². The molecule has 2 rings (SSSR count). The molecule has 1 aliphatic carbocycles. The maximum absolute atomic E-state index is 12.2. The number of aromatic nitrogens is 1. The number of unbranched alkanes of at least 4 members (excludes halogenated alkanes) is 2. The molecule has 0 saturated carbocycles. The van der Waals surface area contributed by atoms with Crippen LogP contribution in [0.25, 0.3) is 0 Å². The van der Waals surface area contributed by atoms with Gasteiger partial charge in [0, 0.05) is 5.57 Å². The number of aldehydes is 1. The Morgan fingerprint density at radius 1 is 1.21 bits per heavy atom. The van der Waals surface area contributed by atoms with Gasteiger partial charge in [-0.1, -0.05) is 19.8 Å². The fourth-order valence-corrected chi connectivity index (χ4v) is 2.12. The molecular formula is C15H15NO3. The lowest BCUT2D eigenvalue weighted by Gasteiger charge is -2.14. The standard InChI is InChI=1S/C15H15NO3/c1-2-3-4-5-10-8-13(18)12-7-6-11(9-17)16-14(12)15(10)19/h6-9H,2-5H2,1H3. The number of rotatable bonds is 5. The van der Waals surface area contributed by atoms with E-state index in [1.807, 2.05) is 0 Å². The van der Waals surface area contributed by atoms with E-state index in [-0.39, 0.29) is 28.5 Å². The minimum absolute atomic E-state index is 0.114. The van der Waals surface area contributed by atoms with Crippen LogP contribution in [0.4, 0.5) is 0 Å². The van der Waals surface area contributed by atoms with Crippen molar-refractivity contribution in [1.29, 1.82) is 0 Å². The first-order valence-corrected chi connectivity index (χ1v) is 6.43. The topological polar surface area (TPSA) is 64.1 Å². The van der Waals surface area contributed by atoms with Crippen molar-refractivity contribution in [2.45, 2.75) is 32.6 Å². The lowest BCUT2D eigenvalue weighted by Crippen LogP contribution is -2.19. The van der Waals surface area contributed by atoms with E-state index in [1.54, 1.807) is 0 Å². The molecule has 0 fully saturated rings. The third-order valence-corrected chi connectivity index (χ3v) is 3.16. The summed E-state index contributed by atoms with van der Waals surface area (Å²) in [4.78, 5) is 38.8. The molecule has 98 valence electrons. The van der Waals surface area contributed by atoms with Crippen LogP contribution < -0.4 is 0 Å². The first-order valence-electron chi connectivity index (χ1n) is 6.43. The first-order chi connectivity index (χ1) is 9.17. The summed E-state index contributed by atoms with van der Waals surface area (Å²) in [7, 11) is 0. The number of hydrogen-bond donors (Lipinski definition) is 0. The van der Waals surface area contributed by atoms with Gasteiger partial charge in [0.05, 0.1) is 5.56 Å². The van der Waals surface area contributed by atoms with Crippen LogP contribution in [0.1, 0.15) is 63.9 Å². The van der Waals surface area contributed by atoms with Crippen molar-refractivity contribution in [3.8, 4) is 0 Å². The van der Waals surface area contributed by atoms with E-state index in [0.29, 0.717) is 18.3 Å². The van der Waals surface area contributed by atoms with Crippen molar-refractivity contribution in [2.75, 3.05) is 0 Å². The van der Waals surface area contributed by atoms with Crippen LogP contribution in [-0.2, 0) is 0 Å². The van der Waals surface area contributed by atoms with Crippen LogP contribution in [0, 0.1) is 0 Å². The highest BCUT2D eigenvalue weighted by molar-refractivity contribution is 6.23. The fourth-order valence-electron chi connectivity index (χ4n) is 2.12. The molecule has 0 N–H and O–H groups in total. The quantitative estimate of drug-likeness (QED) is 0.601.